The van der Waals surface area contributed by atoms with E-state index in [0.29, 0.717) is 0 Å². The quantitative estimate of drug-likeness (QED) is 0.680. The van der Waals surface area contributed by atoms with Gasteiger partial charge in [0.2, 0.25) is 0 Å². The Morgan fingerprint density at radius 3 is 2.44 bits per heavy atom. The van der Waals surface area contributed by atoms with Crippen molar-refractivity contribution in [2.75, 3.05) is 18.1 Å². The minimum Gasteiger partial charge on any atom is -0.313 e. The van der Waals surface area contributed by atoms with Crippen LogP contribution in [0.1, 0.15) is 52.9 Å². The van der Waals surface area contributed by atoms with Crippen LogP contribution in [0.25, 0.3) is 0 Å². The maximum absolute atomic E-state index is 3.71. The largest absolute Gasteiger partial charge is 0.313 e. The van der Waals surface area contributed by atoms with Crippen molar-refractivity contribution < 1.29 is 0 Å². The summed E-state index contributed by atoms with van der Waals surface area (Å²) >= 11 is 2.11. The summed E-state index contributed by atoms with van der Waals surface area (Å²) in [7, 11) is 0. The van der Waals surface area contributed by atoms with Crippen LogP contribution in [-0.2, 0) is 0 Å². The van der Waals surface area contributed by atoms with E-state index in [0.717, 1.165) is 17.9 Å². The van der Waals surface area contributed by atoms with E-state index in [1.165, 1.54) is 50.2 Å². The molecule has 0 aliphatic heterocycles. The van der Waals surface area contributed by atoms with Crippen LogP contribution in [0.2, 0.25) is 0 Å². The van der Waals surface area contributed by atoms with Crippen molar-refractivity contribution in [1.29, 1.82) is 0 Å². The molecule has 0 saturated heterocycles. The Hall–Kier alpha value is 0.310. The summed E-state index contributed by atoms with van der Waals surface area (Å²) in [6.07, 6.45) is 7.03. The summed E-state index contributed by atoms with van der Waals surface area (Å²) in [4.78, 5) is 0. The van der Waals surface area contributed by atoms with E-state index >= 15 is 0 Å². The van der Waals surface area contributed by atoms with E-state index in [-0.39, 0.29) is 0 Å². The van der Waals surface area contributed by atoms with Crippen LogP contribution in [0.15, 0.2) is 0 Å². The molecule has 0 aromatic heterocycles. The van der Waals surface area contributed by atoms with Crippen LogP contribution in [0.5, 0.6) is 0 Å². The zero-order valence-corrected chi connectivity index (χ0v) is 12.1. The van der Waals surface area contributed by atoms with Crippen molar-refractivity contribution in [2.45, 2.75) is 58.9 Å². The van der Waals surface area contributed by atoms with Crippen LogP contribution < -0.4 is 5.32 Å². The van der Waals surface area contributed by atoms with Gasteiger partial charge >= 0.3 is 0 Å². The maximum Gasteiger partial charge on any atom is 0.00675 e. The molecule has 0 bridgehead atoms. The molecule has 0 radical (unpaired) electrons. The average Bonchev–Trinajstić information content (AvgIpc) is 2.25. The second-order valence-electron chi connectivity index (χ2n) is 5.71. The highest BCUT2D eigenvalue weighted by Gasteiger charge is 2.16. The van der Waals surface area contributed by atoms with Gasteiger partial charge in [-0.3, -0.25) is 0 Å². The van der Waals surface area contributed by atoms with E-state index in [4.69, 9.17) is 0 Å². The molecule has 0 aromatic rings. The third-order valence-corrected chi connectivity index (χ3v) is 4.55. The van der Waals surface area contributed by atoms with E-state index in [2.05, 4.69) is 37.8 Å². The molecule has 0 unspecified atom stereocenters. The van der Waals surface area contributed by atoms with Gasteiger partial charge in [-0.2, -0.15) is 11.8 Å². The molecule has 2 heteroatoms. The predicted molar refractivity (Wildman–Crippen MR) is 76.2 cm³/mol. The molecule has 0 aromatic carbocycles. The Kier molecular flexibility index (Phi) is 7.55. The Bertz CT molecular complexity index is 162. The molecular formula is C14H29NS. The molecule has 16 heavy (non-hydrogen) atoms. The third kappa shape index (κ3) is 6.80. The van der Waals surface area contributed by atoms with Gasteiger partial charge in [-0.1, -0.05) is 20.8 Å². The summed E-state index contributed by atoms with van der Waals surface area (Å²) in [6.45, 7) is 8.21. The molecule has 1 nitrogen and oxygen atoms in total. The van der Waals surface area contributed by atoms with E-state index in [1.807, 2.05) is 0 Å². The highest BCUT2D eigenvalue weighted by molar-refractivity contribution is 7.99. The summed E-state index contributed by atoms with van der Waals surface area (Å²) in [5.41, 5.74) is 0. The second-order valence-corrected chi connectivity index (χ2v) is 6.93. The van der Waals surface area contributed by atoms with Crippen molar-refractivity contribution in [3.05, 3.63) is 0 Å². The minimum absolute atomic E-state index is 0.821. The number of hydrogen-bond donors (Lipinski definition) is 1. The minimum atomic E-state index is 0.821. The molecule has 1 fully saturated rings. The van der Waals surface area contributed by atoms with Gasteiger partial charge in [0.25, 0.3) is 0 Å². The molecule has 0 amide bonds. The molecule has 1 saturated carbocycles. The summed E-state index contributed by atoms with van der Waals surface area (Å²) < 4.78 is 0. The lowest BCUT2D eigenvalue weighted by atomic mass is 9.87. The van der Waals surface area contributed by atoms with Crippen molar-refractivity contribution in [2.24, 2.45) is 11.8 Å². The summed E-state index contributed by atoms with van der Waals surface area (Å²) in [5.74, 6) is 4.46. The van der Waals surface area contributed by atoms with Crippen molar-refractivity contribution in [3.63, 3.8) is 0 Å². The lowest BCUT2D eigenvalue weighted by Gasteiger charge is -2.27. The Balaban J connectivity index is 1.87. The molecule has 0 atom stereocenters. The zero-order chi connectivity index (χ0) is 11.8. The van der Waals surface area contributed by atoms with Gasteiger partial charge < -0.3 is 5.32 Å². The van der Waals surface area contributed by atoms with Gasteiger partial charge in [-0.25, -0.2) is 0 Å². The Labute approximate surface area is 106 Å². The van der Waals surface area contributed by atoms with Crippen LogP contribution in [0.4, 0.5) is 0 Å². The first-order valence-corrected chi connectivity index (χ1v) is 8.15. The normalized spacial score (nSPS) is 26.2. The van der Waals surface area contributed by atoms with Gasteiger partial charge in [-0.15, -0.1) is 0 Å². The fraction of sp³-hybridized carbons (Fsp3) is 1.00. The fourth-order valence-electron chi connectivity index (χ4n) is 2.22. The van der Waals surface area contributed by atoms with Gasteiger partial charge in [0.1, 0.15) is 0 Å². The fourth-order valence-corrected chi connectivity index (χ4v) is 3.32. The highest BCUT2D eigenvalue weighted by Crippen LogP contribution is 2.23. The molecule has 1 aliphatic carbocycles. The molecule has 0 heterocycles. The third-order valence-electron chi connectivity index (χ3n) is 3.53. The SMILES string of the molecule is CC(C)CCSCCNC1CCC(C)CC1. The Morgan fingerprint density at radius 1 is 1.12 bits per heavy atom. The highest BCUT2D eigenvalue weighted by atomic mass is 32.2. The molecular weight excluding hydrogens is 214 g/mol. The number of rotatable bonds is 7. The van der Waals surface area contributed by atoms with Crippen LogP contribution in [0.3, 0.4) is 0 Å². The number of thioether (sulfide) groups is 1. The van der Waals surface area contributed by atoms with Gasteiger partial charge in [0.05, 0.1) is 0 Å². The van der Waals surface area contributed by atoms with Crippen molar-refractivity contribution in [1.82, 2.24) is 5.32 Å². The number of nitrogens with one attached hydrogen (secondary N) is 1. The van der Waals surface area contributed by atoms with Gasteiger partial charge in [0, 0.05) is 18.3 Å². The van der Waals surface area contributed by atoms with E-state index in [9.17, 15) is 0 Å². The molecule has 1 N–H and O–H groups in total. The first kappa shape index (κ1) is 14.4. The van der Waals surface area contributed by atoms with Gasteiger partial charge in [0.15, 0.2) is 0 Å². The topological polar surface area (TPSA) is 12.0 Å². The molecule has 96 valence electrons. The van der Waals surface area contributed by atoms with E-state index in [1.54, 1.807) is 0 Å². The lowest BCUT2D eigenvalue weighted by Crippen LogP contribution is -2.34. The van der Waals surface area contributed by atoms with E-state index < -0.39 is 0 Å². The smallest absolute Gasteiger partial charge is 0.00675 e. The van der Waals surface area contributed by atoms with Crippen molar-refractivity contribution >= 4 is 11.8 Å². The maximum atomic E-state index is 3.71. The summed E-state index contributed by atoms with van der Waals surface area (Å²) in [5, 5.41) is 3.71. The lowest BCUT2D eigenvalue weighted by molar-refractivity contribution is 0.312. The Morgan fingerprint density at radius 2 is 1.81 bits per heavy atom. The predicted octanol–water partition coefficient (Wildman–Crippen LogP) is 3.93. The van der Waals surface area contributed by atoms with Crippen LogP contribution >= 0.6 is 11.8 Å². The first-order valence-electron chi connectivity index (χ1n) is 6.99. The second kappa shape index (κ2) is 8.41. The standard InChI is InChI=1S/C14H29NS/c1-12(2)8-10-16-11-9-15-14-6-4-13(3)5-7-14/h12-15H,4-11H2,1-3H3. The first-order chi connectivity index (χ1) is 7.68. The molecule has 0 spiro atoms. The molecule has 1 aliphatic rings. The van der Waals surface area contributed by atoms with Gasteiger partial charge in [-0.05, 0) is 49.7 Å². The zero-order valence-electron chi connectivity index (χ0n) is 11.3. The van der Waals surface area contributed by atoms with Crippen LogP contribution in [-0.4, -0.2) is 24.1 Å². The van der Waals surface area contributed by atoms with Crippen LogP contribution in [0, 0.1) is 11.8 Å². The monoisotopic (exact) mass is 243 g/mol. The molecule has 1 rings (SSSR count). The number of hydrogen-bond acceptors (Lipinski definition) is 2. The summed E-state index contributed by atoms with van der Waals surface area (Å²) in [6, 6.07) is 0.821. The van der Waals surface area contributed by atoms with Crippen molar-refractivity contribution in [3.8, 4) is 0 Å². The average molecular weight is 243 g/mol.